The lowest BCUT2D eigenvalue weighted by Crippen LogP contribution is -2.23. The van der Waals surface area contributed by atoms with E-state index in [2.05, 4.69) is 37.4 Å². The lowest BCUT2D eigenvalue weighted by molar-refractivity contribution is 0.210. The van der Waals surface area contributed by atoms with Crippen LogP contribution in [0.25, 0.3) is 0 Å². The van der Waals surface area contributed by atoms with Crippen LogP contribution >= 0.6 is 0 Å². The molecule has 2 aromatic heterocycles. The molecule has 1 atom stereocenters. The van der Waals surface area contributed by atoms with Gasteiger partial charge in [0.2, 0.25) is 17.7 Å². The van der Waals surface area contributed by atoms with Crippen molar-refractivity contribution in [2.75, 3.05) is 6.54 Å². The van der Waals surface area contributed by atoms with Gasteiger partial charge in [-0.15, -0.1) is 10.2 Å². The van der Waals surface area contributed by atoms with Crippen LogP contribution in [0.2, 0.25) is 0 Å². The van der Waals surface area contributed by atoms with Crippen molar-refractivity contribution >= 4 is 0 Å². The molecule has 0 spiro atoms. The van der Waals surface area contributed by atoms with Gasteiger partial charge in [0.05, 0.1) is 19.0 Å². The van der Waals surface area contributed by atoms with Crippen LogP contribution in [-0.2, 0) is 19.4 Å². The molecule has 25 heavy (non-hydrogen) atoms. The van der Waals surface area contributed by atoms with Crippen LogP contribution in [0.3, 0.4) is 0 Å². The Balaban J connectivity index is 1.43. The topological polar surface area (TPSA) is 81.1 Å². The van der Waals surface area contributed by atoms with E-state index in [9.17, 15) is 0 Å². The first-order valence-electron chi connectivity index (χ1n) is 8.73. The van der Waals surface area contributed by atoms with Crippen molar-refractivity contribution in [1.82, 2.24) is 25.2 Å². The maximum atomic E-state index is 5.83. The number of likely N-dealkylation sites (tertiary alicyclic amines) is 1. The molecule has 0 N–H and O–H groups in total. The molecule has 7 nitrogen and oxygen atoms in total. The molecule has 4 rings (SSSR count). The van der Waals surface area contributed by atoms with Crippen LogP contribution in [-0.4, -0.2) is 31.8 Å². The highest BCUT2D eigenvalue weighted by molar-refractivity contribution is 5.17. The summed E-state index contributed by atoms with van der Waals surface area (Å²) in [6.45, 7) is 3.59. The molecular formula is C18H21N5O2. The van der Waals surface area contributed by atoms with Crippen LogP contribution in [0, 0.1) is 0 Å². The Kier molecular flexibility index (Phi) is 4.56. The molecule has 0 unspecified atom stereocenters. The zero-order valence-electron chi connectivity index (χ0n) is 14.3. The van der Waals surface area contributed by atoms with Crippen molar-refractivity contribution in [3.8, 4) is 0 Å². The minimum absolute atomic E-state index is 0.161. The van der Waals surface area contributed by atoms with Gasteiger partial charge < -0.3 is 8.94 Å². The molecule has 0 radical (unpaired) electrons. The summed E-state index contributed by atoms with van der Waals surface area (Å²) < 4.78 is 11.1. The van der Waals surface area contributed by atoms with Crippen LogP contribution in [0.1, 0.15) is 54.9 Å². The van der Waals surface area contributed by atoms with Crippen molar-refractivity contribution < 1.29 is 8.94 Å². The molecule has 1 aliphatic rings. The summed E-state index contributed by atoms with van der Waals surface area (Å²) in [6.07, 6.45) is 3.54. The number of benzene rings is 1. The largest absolute Gasteiger partial charge is 0.424 e. The first-order valence-corrected chi connectivity index (χ1v) is 8.73. The second-order valence-corrected chi connectivity index (χ2v) is 6.28. The van der Waals surface area contributed by atoms with Crippen molar-refractivity contribution in [1.29, 1.82) is 0 Å². The molecule has 1 fully saturated rings. The fourth-order valence-electron chi connectivity index (χ4n) is 3.22. The summed E-state index contributed by atoms with van der Waals surface area (Å²) in [7, 11) is 0. The summed E-state index contributed by atoms with van der Waals surface area (Å²) in [6, 6.07) is 10.3. The van der Waals surface area contributed by atoms with Gasteiger partial charge in [0.15, 0.2) is 5.82 Å². The van der Waals surface area contributed by atoms with Crippen LogP contribution < -0.4 is 0 Å². The van der Waals surface area contributed by atoms with Crippen LogP contribution in [0.5, 0.6) is 0 Å². The first-order chi connectivity index (χ1) is 12.3. The maximum Gasteiger partial charge on any atom is 0.230 e. The third kappa shape index (κ3) is 3.61. The van der Waals surface area contributed by atoms with Crippen molar-refractivity contribution in [3.63, 3.8) is 0 Å². The van der Waals surface area contributed by atoms with E-state index in [0.29, 0.717) is 30.6 Å². The highest BCUT2D eigenvalue weighted by atomic mass is 16.5. The predicted octanol–water partition coefficient (Wildman–Crippen LogP) is 2.94. The Hall–Kier alpha value is -2.54. The molecule has 0 aliphatic carbocycles. The Morgan fingerprint density at radius 2 is 1.96 bits per heavy atom. The summed E-state index contributed by atoms with van der Waals surface area (Å²) >= 11 is 0. The van der Waals surface area contributed by atoms with Gasteiger partial charge in [0, 0.05) is 6.42 Å². The predicted molar refractivity (Wildman–Crippen MR) is 89.6 cm³/mol. The molecule has 1 aromatic carbocycles. The minimum atomic E-state index is 0.161. The average molecular weight is 339 g/mol. The third-order valence-electron chi connectivity index (χ3n) is 4.49. The van der Waals surface area contributed by atoms with Gasteiger partial charge in [0.1, 0.15) is 0 Å². The van der Waals surface area contributed by atoms with E-state index in [1.807, 2.05) is 25.1 Å². The minimum Gasteiger partial charge on any atom is -0.424 e. The molecule has 130 valence electrons. The molecule has 0 bridgehead atoms. The van der Waals surface area contributed by atoms with Crippen LogP contribution in [0.4, 0.5) is 0 Å². The second-order valence-electron chi connectivity index (χ2n) is 6.28. The highest BCUT2D eigenvalue weighted by Gasteiger charge is 2.31. The van der Waals surface area contributed by atoms with Crippen molar-refractivity contribution in [2.24, 2.45) is 0 Å². The van der Waals surface area contributed by atoms with Gasteiger partial charge >= 0.3 is 0 Å². The van der Waals surface area contributed by atoms with Crippen molar-refractivity contribution in [3.05, 3.63) is 59.4 Å². The monoisotopic (exact) mass is 339 g/mol. The number of nitrogens with zero attached hydrogens (tertiary/aromatic N) is 5. The standard InChI is InChI=1S/C18H21N5O2/c1-2-15-19-18(22-25-15)14-9-6-10-23(14)12-17-21-20-16(24-17)11-13-7-4-3-5-8-13/h3-5,7-8,14H,2,6,9-12H2,1H3/t14-/m1/s1. The lowest BCUT2D eigenvalue weighted by atomic mass is 10.2. The normalized spacial score (nSPS) is 18.0. The van der Waals surface area contributed by atoms with Gasteiger partial charge in [-0.2, -0.15) is 4.98 Å². The van der Waals surface area contributed by atoms with Gasteiger partial charge in [0.25, 0.3) is 0 Å². The Labute approximate surface area is 146 Å². The molecule has 0 amide bonds. The molecule has 3 aromatic rings. The molecule has 1 aliphatic heterocycles. The van der Waals surface area contributed by atoms with E-state index in [0.717, 1.165) is 37.2 Å². The smallest absolute Gasteiger partial charge is 0.230 e. The number of aryl methyl sites for hydroxylation is 1. The van der Waals surface area contributed by atoms with E-state index in [-0.39, 0.29) is 6.04 Å². The lowest BCUT2D eigenvalue weighted by Gasteiger charge is -2.19. The molecular weight excluding hydrogens is 318 g/mol. The van der Waals surface area contributed by atoms with E-state index >= 15 is 0 Å². The molecule has 0 saturated carbocycles. The molecule has 7 heteroatoms. The summed E-state index contributed by atoms with van der Waals surface area (Å²) in [5.74, 6) is 2.73. The van der Waals surface area contributed by atoms with Gasteiger partial charge in [-0.1, -0.05) is 42.4 Å². The van der Waals surface area contributed by atoms with E-state index < -0.39 is 0 Å². The number of rotatable bonds is 6. The Morgan fingerprint density at radius 1 is 1.12 bits per heavy atom. The Morgan fingerprint density at radius 3 is 2.76 bits per heavy atom. The summed E-state index contributed by atoms with van der Waals surface area (Å²) in [5.41, 5.74) is 1.16. The van der Waals surface area contributed by atoms with E-state index in [1.165, 1.54) is 0 Å². The zero-order valence-corrected chi connectivity index (χ0v) is 14.3. The number of hydrogen-bond donors (Lipinski definition) is 0. The summed E-state index contributed by atoms with van der Waals surface area (Å²) in [5, 5.41) is 12.5. The van der Waals surface area contributed by atoms with E-state index in [4.69, 9.17) is 8.94 Å². The molecule has 3 heterocycles. The van der Waals surface area contributed by atoms with Gasteiger partial charge in [-0.3, -0.25) is 4.90 Å². The Bertz CT molecular complexity index is 814. The highest BCUT2D eigenvalue weighted by Crippen LogP contribution is 2.31. The van der Waals surface area contributed by atoms with Crippen molar-refractivity contribution in [2.45, 2.75) is 45.2 Å². The number of hydrogen-bond acceptors (Lipinski definition) is 7. The van der Waals surface area contributed by atoms with Crippen LogP contribution in [0.15, 0.2) is 39.3 Å². The fourth-order valence-corrected chi connectivity index (χ4v) is 3.22. The quantitative estimate of drug-likeness (QED) is 0.683. The summed E-state index contributed by atoms with van der Waals surface area (Å²) in [4.78, 5) is 6.76. The number of aromatic nitrogens is 4. The fraction of sp³-hybridized carbons (Fsp3) is 0.444. The zero-order chi connectivity index (χ0) is 17.1. The first kappa shape index (κ1) is 16.0. The average Bonchev–Trinajstić information content (AvgIpc) is 3.37. The SMILES string of the molecule is CCc1nc([C@H]2CCCN2Cc2nnc(Cc3ccccc3)o2)no1. The molecule has 1 saturated heterocycles. The van der Waals surface area contributed by atoms with Gasteiger partial charge in [-0.25, -0.2) is 0 Å². The maximum absolute atomic E-state index is 5.83. The van der Waals surface area contributed by atoms with Gasteiger partial charge in [-0.05, 0) is 24.9 Å². The third-order valence-corrected chi connectivity index (χ3v) is 4.49. The van der Waals surface area contributed by atoms with E-state index in [1.54, 1.807) is 0 Å². The second kappa shape index (κ2) is 7.14.